The molecule has 34 heavy (non-hydrogen) atoms. The number of likely N-dealkylation sites (tertiary alicyclic amines) is 1. The van der Waals surface area contributed by atoms with Crippen molar-refractivity contribution < 1.29 is 37.5 Å². The van der Waals surface area contributed by atoms with Crippen LogP contribution in [-0.4, -0.2) is 94.2 Å². The minimum Gasteiger partial charge on any atom is -0.477 e. The molecular formula is C21H27F3N4O5S. The van der Waals surface area contributed by atoms with Crippen LogP contribution in [0.3, 0.4) is 0 Å². The summed E-state index contributed by atoms with van der Waals surface area (Å²) in [4.78, 5) is 52.1. The van der Waals surface area contributed by atoms with Crippen LogP contribution >= 0.6 is 11.8 Å². The van der Waals surface area contributed by atoms with Crippen LogP contribution in [0.4, 0.5) is 13.2 Å². The van der Waals surface area contributed by atoms with Gasteiger partial charge in [-0.3, -0.25) is 14.4 Å². The maximum atomic E-state index is 13.5. The highest BCUT2D eigenvalue weighted by atomic mass is 32.2. The molecule has 0 spiro atoms. The molecule has 0 aromatic carbocycles. The van der Waals surface area contributed by atoms with Crippen molar-refractivity contribution in [2.24, 2.45) is 11.8 Å². The SMILES string of the molecule is CC(NC(=O)C(F)F)[C@H]1C(=O)N2C(C(=O)O)=C(S[C@@H]3CN[C@H](C(=O)N4CC[C@H](F)C4)C3)[C@H](C)[C@H]12. The van der Waals surface area contributed by atoms with Crippen molar-refractivity contribution in [3.63, 3.8) is 0 Å². The number of alkyl halides is 3. The van der Waals surface area contributed by atoms with Gasteiger partial charge in [-0.2, -0.15) is 8.78 Å². The Morgan fingerprint density at radius 3 is 2.59 bits per heavy atom. The van der Waals surface area contributed by atoms with Gasteiger partial charge < -0.3 is 25.5 Å². The number of fused-ring (bicyclic) bond motifs is 1. The number of thioether (sulfide) groups is 1. The number of carbonyl (C=O) groups is 4. The van der Waals surface area contributed by atoms with Crippen molar-refractivity contribution >= 4 is 35.5 Å². The van der Waals surface area contributed by atoms with Crippen molar-refractivity contribution in [1.82, 2.24) is 20.4 Å². The Labute approximate surface area is 198 Å². The molecule has 0 aliphatic carbocycles. The highest BCUT2D eigenvalue weighted by molar-refractivity contribution is 8.03. The van der Waals surface area contributed by atoms with Gasteiger partial charge in [0, 0.05) is 35.2 Å². The van der Waals surface area contributed by atoms with Crippen LogP contribution in [0, 0.1) is 11.8 Å². The number of aliphatic carboxylic acids is 1. The fourth-order valence-electron chi connectivity index (χ4n) is 5.37. The first-order valence-electron chi connectivity index (χ1n) is 11.2. The van der Waals surface area contributed by atoms with E-state index >= 15 is 0 Å². The Morgan fingerprint density at radius 1 is 1.29 bits per heavy atom. The molecule has 4 aliphatic rings. The smallest absolute Gasteiger partial charge is 0.353 e. The Balaban J connectivity index is 1.44. The number of halogens is 3. The van der Waals surface area contributed by atoms with Gasteiger partial charge in [0.1, 0.15) is 11.9 Å². The summed E-state index contributed by atoms with van der Waals surface area (Å²) in [5.74, 6) is -4.64. The highest BCUT2D eigenvalue weighted by Gasteiger charge is 2.60. The molecule has 7 atom stereocenters. The maximum Gasteiger partial charge on any atom is 0.353 e. The van der Waals surface area contributed by atoms with Crippen LogP contribution in [0.15, 0.2) is 10.6 Å². The summed E-state index contributed by atoms with van der Waals surface area (Å²) in [7, 11) is 0. The first kappa shape index (κ1) is 24.8. The van der Waals surface area contributed by atoms with Crippen LogP contribution in [0.1, 0.15) is 26.7 Å². The fourth-order valence-corrected chi connectivity index (χ4v) is 6.85. The topological polar surface area (TPSA) is 119 Å². The number of carboxylic acids is 1. The fraction of sp³-hybridized carbons (Fsp3) is 0.714. The lowest BCUT2D eigenvalue weighted by Crippen LogP contribution is -2.66. The summed E-state index contributed by atoms with van der Waals surface area (Å²) in [6.07, 6.45) is -3.47. The summed E-state index contributed by atoms with van der Waals surface area (Å²) in [5, 5.41) is 15.0. The van der Waals surface area contributed by atoms with E-state index < -0.39 is 54.4 Å². The van der Waals surface area contributed by atoms with E-state index in [1.807, 2.05) is 0 Å². The van der Waals surface area contributed by atoms with Gasteiger partial charge >= 0.3 is 12.4 Å². The van der Waals surface area contributed by atoms with E-state index in [1.165, 1.54) is 28.5 Å². The van der Waals surface area contributed by atoms with Crippen LogP contribution in [0.2, 0.25) is 0 Å². The first-order chi connectivity index (χ1) is 16.0. The third kappa shape index (κ3) is 4.28. The van der Waals surface area contributed by atoms with Crippen molar-refractivity contribution in [2.45, 2.75) is 62.7 Å². The molecule has 0 radical (unpaired) electrons. The van der Waals surface area contributed by atoms with E-state index in [9.17, 15) is 37.5 Å². The van der Waals surface area contributed by atoms with E-state index in [-0.39, 0.29) is 29.3 Å². The summed E-state index contributed by atoms with van der Waals surface area (Å²) in [6.45, 7) is 4.13. The number of nitrogens with zero attached hydrogens (tertiary/aromatic N) is 2. The lowest BCUT2D eigenvalue weighted by molar-refractivity contribution is -0.159. The zero-order chi connectivity index (χ0) is 24.9. The largest absolute Gasteiger partial charge is 0.477 e. The van der Waals surface area contributed by atoms with Gasteiger partial charge in [-0.25, -0.2) is 9.18 Å². The van der Waals surface area contributed by atoms with Crippen molar-refractivity contribution in [1.29, 1.82) is 0 Å². The molecule has 0 aromatic heterocycles. The first-order valence-corrected chi connectivity index (χ1v) is 12.1. The standard InChI is InChI=1S/C21H27F3N4O5S/c1-8-14-13(9(2)26-18(29)17(23)24)20(31)28(14)15(21(32)33)16(8)34-11-5-12(25-6-11)19(30)27-4-3-10(22)7-27/h8-14,17,25H,3-7H2,1-2H3,(H,26,29)(H,32,33)/t8-,9?,10+,11+,12+,13-,14-/m1/s1. The van der Waals surface area contributed by atoms with Gasteiger partial charge in [0.25, 0.3) is 5.91 Å². The second-order valence-corrected chi connectivity index (χ2v) is 10.6. The molecule has 0 saturated carbocycles. The van der Waals surface area contributed by atoms with Gasteiger partial charge in [0.2, 0.25) is 11.8 Å². The van der Waals surface area contributed by atoms with E-state index in [1.54, 1.807) is 6.92 Å². The van der Waals surface area contributed by atoms with E-state index in [0.29, 0.717) is 30.8 Å². The van der Waals surface area contributed by atoms with Crippen molar-refractivity contribution in [3.8, 4) is 0 Å². The quantitative estimate of drug-likeness (QED) is 0.434. The zero-order valence-corrected chi connectivity index (χ0v) is 19.5. The van der Waals surface area contributed by atoms with Crippen LogP contribution < -0.4 is 10.6 Å². The summed E-state index contributed by atoms with van der Waals surface area (Å²) in [6, 6.07) is -1.93. The summed E-state index contributed by atoms with van der Waals surface area (Å²) >= 11 is 1.30. The van der Waals surface area contributed by atoms with Crippen LogP contribution in [-0.2, 0) is 19.2 Å². The second-order valence-electron chi connectivity index (χ2n) is 9.24. The minimum absolute atomic E-state index is 0.0839. The summed E-state index contributed by atoms with van der Waals surface area (Å²) in [5.41, 5.74) is -0.134. The third-order valence-corrected chi connectivity index (χ3v) is 8.53. The molecule has 3 N–H and O–H groups in total. The van der Waals surface area contributed by atoms with Crippen LogP contribution in [0.25, 0.3) is 0 Å². The second kappa shape index (κ2) is 9.40. The minimum atomic E-state index is -3.21. The average Bonchev–Trinajstić information content (AvgIpc) is 3.46. The molecule has 0 bridgehead atoms. The Hall–Kier alpha value is -2.28. The normalized spacial score (nSPS) is 33.9. The number of carbonyl (C=O) groups excluding carboxylic acids is 3. The van der Waals surface area contributed by atoms with E-state index in [0.717, 1.165) is 0 Å². The lowest BCUT2D eigenvalue weighted by atomic mass is 9.78. The van der Waals surface area contributed by atoms with Crippen LogP contribution in [0.5, 0.6) is 0 Å². The number of β-lactam (4-membered cyclic amide) rings is 1. The Bertz CT molecular complexity index is 934. The molecule has 188 valence electrons. The molecule has 4 aliphatic heterocycles. The zero-order valence-electron chi connectivity index (χ0n) is 18.7. The van der Waals surface area contributed by atoms with E-state index in [4.69, 9.17) is 0 Å². The average molecular weight is 505 g/mol. The number of hydrogen-bond acceptors (Lipinski definition) is 6. The van der Waals surface area contributed by atoms with Gasteiger partial charge in [-0.1, -0.05) is 6.92 Å². The lowest BCUT2D eigenvalue weighted by Gasteiger charge is -2.47. The van der Waals surface area contributed by atoms with Gasteiger partial charge in [-0.15, -0.1) is 11.8 Å². The van der Waals surface area contributed by atoms with Gasteiger partial charge in [0.15, 0.2) is 0 Å². The van der Waals surface area contributed by atoms with Crippen molar-refractivity contribution in [3.05, 3.63) is 10.6 Å². The predicted molar refractivity (Wildman–Crippen MR) is 115 cm³/mol. The third-order valence-electron chi connectivity index (χ3n) is 7.02. The molecule has 3 fully saturated rings. The van der Waals surface area contributed by atoms with Gasteiger partial charge in [0.05, 0.1) is 24.5 Å². The molecular weight excluding hydrogens is 477 g/mol. The summed E-state index contributed by atoms with van der Waals surface area (Å²) < 4.78 is 38.7. The monoisotopic (exact) mass is 504 g/mol. The molecule has 3 saturated heterocycles. The molecule has 4 heterocycles. The molecule has 1 unspecified atom stereocenters. The molecule has 4 rings (SSSR count). The number of rotatable bonds is 7. The number of nitrogens with one attached hydrogen (secondary N) is 2. The molecule has 0 aromatic rings. The Morgan fingerprint density at radius 2 is 2.00 bits per heavy atom. The number of hydrogen-bond donors (Lipinski definition) is 3. The van der Waals surface area contributed by atoms with Gasteiger partial charge in [-0.05, 0) is 19.8 Å². The highest BCUT2D eigenvalue weighted by Crippen LogP contribution is 2.51. The molecule has 13 heteroatoms. The van der Waals surface area contributed by atoms with E-state index in [2.05, 4.69) is 10.6 Å². The number of carboxylic acid groups (broad SMARTS) is 1. The maximum absolute atomic E-state index is 13.5. The number of amides is 3. The molecule has 3 amide bonds. The molecule has 9 nitrogen and oxygen atoms in total. The van der Waals surface area contributed by atoms with Crippen molar-refractivity contribution in [2.75, 3.05) is 19.6 Å². The Kier molecular flexibility index (Phi) is 6.87. The predicted octanol–water partition coefficient (Wildman–Crippen LogP) is 0.563.